The molecule has 1 aromatic carbocycles. The number of amides is 3. The average molecular weight is 469 g/mol. The van der Waals surface area contributed by atoms with Crippen LogP contribution in [0.2, 0.25) is 0 Å². The van der Waals surface area contributed by atoms with Gasteiger partial charge in [0, 0.05) is 24.8 Å². The van der Waals surface area contributed by atoms with Gasteiger partial charge in [0.1, 0.15) is 18.3 Å². The Bertz CT molecular complexity index is 983. The third kappa shape index (κ3) is 3.62. The molecule has 2 N–H and O–H groups in total. The summed E-state index contributed by atoms with van der Waals surface area (Å²) in [5.74, 6) is -0.393. The van der Waals surface area contributed by atoms with Gasteiger partial charge in [-0.2, -0.15) is 0 Å². The molecule has 4 aliphatic rings. The molecule has 1 aromatic rings. The minimum atomic E-state index is -0.682. The van der Waals surface area contributed by atoms with Gasteiger partial charge in [-0.1, -0.05) is 31.2 Å². The molecule has 0 radical (unpaired) electrons. The van der Waals surface area contributed by atoms with Crippen LogP contribution >= 0.6 is 0 Å². The summed E-state index contributed by atoms with van der Waals surface area (Å²) in [5.41, 5.74) is 2.24. The van der Waals surface area contributed by atoms with Gasteiger partial charge >= 0.3 is 0 Å². The summed E-state index contributed by atoms with van der Waals surface area (Å²) < 4.78 is 6.11. The van der Waals surface area contributed by atoms with Crippen molar-refractivity contribution < 1.29 is 19.1 Å². The molecule has 34 heavy (non-hydrogen) atoms. The maximum absolute atomic E-state index is 14.0. The van der Waals surface area contributed by atoms with Gasteiger partial charge in [-0.3, -0.25) is 14.4 Å². The number of nitrogens with zero attached hydrogens (tertiary/aromatic N) is 2. The molecule has 3 amide bonds. The number of rotatable bonds is 5. The first kappa shape index (κ1) is 23.3. The van der Waals surface area contributed by atoms with E-state index in [4.69, 9.17) is 4.74 Å². The largest absolute Gasteiger partial charge is 0.358 e. The lowest BCUT2D eigenvalue weighted by molar-refractivity contribution is -0.151. The Morgan fingerprint density at radius 1 is 1.24 bits per heavy atom. The van der Waals surface area contributed by atoms with Crippen molar-refractivity contribution in [2.45, 2.75) is 82.8 Å². The summed E-state index contributed by atoms with van der Waals surface area (Å²) in [5, 5.41) is 5.80. The van der Waals surface area contributed by atoms with E-state index in [1.54, 1.807) is 18.9 Å². The van der Waals surface area contributed by atoms with Gasteiger partial charge in [0.25, 0.3) is 0 Å². The summed E-state index contributed by atoms with van der Waals surface area (Å²) in [4.78, 5) is 44.0. The van der Waals surface area contributed by atoms with Crippen molar-refractivity contribution in [1.82, 2.24) is 20.4 Å². The van der Waals surface area contributed by atoms with Gasteiger partial charge in [-0.25, -0.2) is 0 Å². The van der Waals surface area contributed by atoms with E-state index >= 15 is 0 Å². The van der Waals surface area contributed by atoms with E-state index < -0.39 is 24.4 Å². The molecule has 3 aliphatic heterocycles. The van der Waals surface area contributed by atoms with E-state index in [-0.39, 0.29) is 29.2 Å². The van der Waals surface area contributed by atoms with Gasteiger partial charge in [0.15, 0.2) is 0 Å². The molecule has 1 aliphatic carbocycles. The number of hydrogen-bond donors (Lipinski definition) is 2. The summed E-state index contributed by atoms with van der Waals surface area (Å²) in [6.45, 7) is 4.90. The van der Waals surface area contributed by atoms with Crippen LogP contribution < -0.4 is 10.6 Å². The van der Waals surface area contributed by atoms with Gasteiger partial charge in [-0.05, 0) is 50.8 Å². The molecule has 3 fully saturated rings. The average Bonchev–Trinajstić information content (AvgIpc) is 3.28. The van der Waals surface area contributed by atoms with Crippen LogP contribution in [0.3, 0.4) is 0 Å². The Hall–Kier alpha value is -2.45. The molecule has 3 unspecified atom stereocenters. The number of hydrogen-bond acceptors (Lipinski definition) is 5. The molecule has 0 spiro atoms. The fourth-order valence-electron chi connectivity index (χ4n) is 6.49. The minimum absolute atomic E-state index is 0.0265. The molecule has 184 valence electrons. The monoisotopic (exact) mass is 468 g/mol. The van der Waals surface area contributed by atoms with Crippen LogP contribution in [0, 0.1) is 5.41 Å². The van der Waals surface area contributed by atoms with Gasteiger partial charge in [0.2, 0.25) is 17.7 Å². The van der Waals surface area contributed by atoms with Crippen LogP contribution in [-0.2, 0) is 25.5 Å². The first-order chi connectivity index (χ1) is 16.4. The molecule has 5 rings (SSSR count). The van der Waals surface area contributed by atoms with Crippen molar-refractivity contribution in [3.63, 3.8) is 0 Å². The highest BCUT2D eigenvalue weighted by molar-refractivity contribution is 5.95. The molecular formula is C26H36N4O4. The van der Waals surface area contributed by atoms with Crippen molar-refractivity contribution in [2.75, 3.05) is 20.2 Å². The number of fused-ring (bicyclic) bond motifs is 4. The number of benzene rings is 1. The molecule has 0 saturated carbocycles. The Balaban J connectivity index is 1.44. The summed E-state index contributed by atoms with van der Waals surface area (Å²) in [6.07, 6.45) is 4.50. The van der Waals surface area contributed by atoms with E-state index in [1.165, 1.54) is 11.1 Å². The van der Waals surface area contributed by atoms with E-state index in [0.29, 0.717) is 26.0 Å². The molecule has 3 saturated heterocycles. The maximum Gasteiger partial charge on any atom is 0.247 e. The number of likely N-dealkylation sites (tertiary alicyclic amines) is 1. The highest BCUT2D eigenvalue weighted by Crippen LogP contribution is 2.52. The molecule has 3 heterocycles. The SMILES string of the molecule is CCC12CC3OCC[C@H](NC(=O)[C@H](C)NC)C(=O)N3C1C(=O)N([C@@H]1CCCc3ccccc31)C2. The molecule has 8 heteroatoms. The first-order valence-corrected chi connectivity index (χ1v) is 12.7. The van der Waals surface area contributed by atoms with Crippen molar-refractivity contribution in [3.05, 3.63) is 35.4 Å². The second-order valence-electron chi connectivity index (χ2n) is 10.3. The molecule has 6 atom stereocenters. The van der Waals surface area contributed by atoms with Crippen molar-refractivity contribution in [3.8, 4) is 0 Å². The second-order valence-corrected chi connectivity index (χ2v) is 10.3. The topological polar surface area (TPSA) is 91.0 Å². The quantitative estimate of drug-likeness (QED) is 0.687. The summed E-state index contributed by atoms with van der Waals surface area (Å²) in [6, 6.07) is 6.86. The fourth-order valence-corrected chi connectivity index (χ4v) is 6.49. The highest BCUT2D eigenvalue weighted by Gasteiger charge is 2.64. The van der Waals surface area contributed by atoms with Gasteiger partial charge < -0.3 is 25.2 Å². The predicted octanol–water partition coefficient (Wildman–Crippen LogP) is 1.74. The first-order valence-electron chi connectivity index (χ1n) is 12.7. The number of ether oxygens (including phenoxy) is 1. The zero-order valence-electron chi connectivity index (χ0n) is 20.4. The Morgan fingerprint density at radius 2 is 2.03 bits per heavy atom. The molecule has 8 nitrogen and oxygen atoms in total. The normalized spacial score (nSPS) is 33.7. The zero-order valence-corrected chi connectivity index (χ0v) is 20.4. The Kier molecular flexibility index (Phi) is 6.14. The van der Waals surface area contributed by atoms with E-state index in [2.05, 4.69) is 41.8 Å². The van der Waals surface area contributed by atoms with Crippen LogP contribution in [0.5, 0.6) is 0 Å². The number of likely N-dealkylation sites (N-methyl/N-ethyl adjacent to an activating group) is 1. The summed E-state index contributed by atoms with van der Waals surface area (Å²) >= 11 is 0. The highest BCUT2D eigenvalue weighted by atomic mass is 16.5. The van der Waals surface area contributed by atoms with Crippen molar-refractivity contribution in [2.24, 2.45) is 5.41 Å². The fraction of sp³-hybridized carbons (Fsp3) is 0.654. The van der Waals surface area contributed by atoms with E-state index in [0.717, 1.165) is 25.7 Å². The predicted molar refractivity (Wildman–Crippen MR) is 127 cm³/mol. The van der Waals surface area contributed by atoms with Gasteiger partial charge in [0.05, 0.1) is 18.7 Å². The van der Waals surface area contributed by atoms with Crippen LogP contribution in [0.25, 0.3) is 0 Å². The van der Waals surface area contributed by atoms with Crippen LogP contribution in [0.15, 0.2) is 24.3 Å². The lowest BCUT2D eigenvalue weighted by atomic mass is 9.79. The van der Waals surface area contributed by atoms with Crippen LogP contribution in [-0.4, -0.2) is 72.1 Å². The number of carbonyl (C=O) groups is 3. The third-order valence-electron chi connectivity index (χ3n) is 8.58. The second kappa shape index (κ2) is 8.96. The van der Waals surface area contributed by atoms with Crippen molar-refractivity contribution in [1.29, 1.82) is 0 Å². The standard InChI is InChI=1S/C26H36N4O4/c1-4-26-14-21-30(24(32)19(12-13-34-21)28-23(31)16(2)27-3)22(26)25(33)29(15-26)20-11-7-9-17-8-5-6-10-18(17)20/h5-6,8,10,16,19-22,27H,4,7,9,11-15H2,1-3H3,(H,28,31)/t16-,19-,20+,21?,22?,26?/m0/s1. The minimum Gasteiger partial charge on any atom is -0.358 e. The van der Waals surface area contributed by atoms with E-state index in [1.807, 2.05) is 4.90 Å². The number of carbonyl (C=O) groups excluding carboxylic acids is 3. The molecular weight excluding hydrogens is 432 g/mol. The molecule has 0 aromatic heterocycles. The number of nitrogens with one attached hydrogen (secondary N) is 2. The Labute approximate surface area is 201 Å². The van der Waals surface area contributed by atoms with Crippen LogP contribution in [0.1, 0.15) is 63.1 Å². The summed E-state index contributed by atoms with van der Waals surface area (Å²) in [7, 11) is 1.71. The lowest BCUT2D eigenvalue weighted by Crippen LogP contribution is -2.56. The van der Waals surface area contributed by atoms with Crippen molar-refractivity contribution >= 4 is 17.7 Å². The maximum atomic E-state index is 14.0. The lowest BCUT2D eigenvalue weighted by Gasteiger charge is -2.36. The zero-order chi connectivity index (χ0) is 24.0. The van der Waals surface area contributed by atoms with Gasteiger partial charge in [-0.15, -0.1) is 0 Å². The number of aryl methyl sites for hydroxylation is 1. The van der Waals surface area contributed by atoms with Crippen LogP contribution in [0.4, 0.5) is 0 Å². The van der Waals surface area contributed by atoms with E-state index in [9.17, 15) is 14.4 Å². The third-order valence-corrected chi connectivity index (χ3v) is 8.58. The smallest absolute Gasteiger partial charge is 0.247 e. The molecule has 0 bridgehead atoms. The Morgan fingerprint density at radius 3 is 2.79 bits per heavy atom.